The topological polar surface area (TPSA) is 47.7 Å². The average molecular weight is 385 g/mol. The normalized spacial score (nSPS) is 12.1. The third kappa shape index (κ3) is 3.86. The molecule has 2 aromatic carbocycles. The Labute approximate surface area is 163 Å². The van der Waals surface area contributed by atoms with Crippen molar-refractivity contribution >= 4 is 11.6 Å². The van der Waals surface area contributed by atoms with Crippen LogP contribution in [-0.4, -0.2) is 37.1 Å². The second-order valence-electron chi connectivity index (χ2n) is 6.73. The number of hydrogen-bond acceptors (Lipinski definition) is 5. The van der Waals surface area contributed by atoms with Gasteiger partial charge < -0.3 is 18.8 Å². The maximum Gasteiger partial charge on any atom is 0.221 e. The van der Waals surface area contributed by atoms with Crippen molar-refractivity contribution in [2.45, 2.75) is 13.0 Å². The molecule has 0 unspecified atom stereocenters. The van der Waals surface area contributed by atoms with Crippen LogP contribution >= 0.6 is 11.6 Å². The summed E-state index contributed by atoms with van der Waals surface area (Å²) in [6.45, 7) is 1.98. The largest absolute Gasteiger partial charge is 0.456 e. The van der Waals surface area contributed by atoms with Crippen molar-refractivity contribution in [2.75, 3.05) is 27.2 Å². The van der Waals surface area contributed by atoms with E-state index in [0.29, 0.717) is 35.6 Å². The first-order valence-corrected chi connectivity index (χ1v) is 9.29. The lowest BCUT2D eigenvalue weighted by molar-refractivity contribution is 0.0965. The van der Waals surface area contributed by atoms with Gasteiger partial charge in [-0.15, -0.1) is 0 Å². The molecule has 1 aliphatic heterocycles. The number of rotatable bonds is 6. The maximum absolute atomic E-state index is 6.21. The molecular formula is C21H21ClN2O3. The molecule has 0 saturated heterocycles. The summed E-state index contributed by atoms with van der Waals surface area (Å²) < 4.78 is 17.9. The van der Waals surface area contributed by atoms with E-state index in [2.05, 4.69) is 9.88 Å². The van der Waals surface area contributed by atoms with E-state index in [0.717, 1.165) is 35.5 Å². The highest BCUT2D eigenvalue weighted by Crippen LogP contribution is 2.47. The molecule has 0 atom stereocenters. The zero-order valence-corrected chi connectivity index (χ0v) is 16.1. The first-order chi connectivity index (χ1) is 13.1. The summed E-state index contributed by atoms with van der Waals surface area (Å²) in [5.41, 5.74) is 2.43. The van der Waals surface area contributed by atoms with E-state index in [1.165, 1.54) is 0 Å². The number of benzene rings is 2. The molecule has 2 heterocycles. The second-order valence-corrected chi connectivity index (χ2v) is 7.17. The van der Waals surface area contributed by atoms with Gasteiger partial charge in [0, 0.05) is 17.2 Å². The van der Waals surface area contributed by atoms with Gasteiger partial charge in [0.15, 0.2) is 5.76 Å². The minimum absolute atomic E-state index is 0.333. The Bertz CT molecular complexity index is 952. The molecule has 0 bridgehead atoms. The van der Waals surface area contributed by atoms with Crippen molar-refractivity contribution in [1.82, 2.24) is 9.88 Å². The molecule has 0 saturated carbocycles. The van der Waals surface area contributed by atoms with Crippen molar-refractivity contribution in [3.05, 3.63) is 53.4 Å². The molecule has 6 heteroatoms. The van der Waals surface area contributed by atoms with E-state index in [4.69, 9.17) is 25.5 Å². The summed E-state index contributed by atoms with van der Waals surface area (Å²) in [7, 11) is 4.10. The molecule has 4 rings (SSSR count). The smallest absolute Gasteiger partial charge is 0.221 e. The second kappa shape index (κ2) is 7.72. The molecule has 0 aliphatic carbocycles. The van der Waals surface area contributed by atoms with Crippen LogP contribution in [0.15, 0.2) is 46.9 Å². The van der Waals surface area contributed by atoms with E-state index >= 15 is 0 Å². The lowest BCUT2D eigenvalue weighted by Crippen LogP contribution is -2.14. The molecule has 140 valence electrons. The van der Waals surface area contributed by atoms with E-state index in [1.807, 2.05) is 50.5 Å². The minimum Gasteiger partial charge on any atom is -0.456 e. The lowest BCUT2D eigenvalue weighted by Gasteiger charge is -2.09. The van der Waals surface area contributed by atoms with Crippen LogP contribution in [0.1, 0.15) is 12.3 Å². The van der Waals surface area contributed by atoms with Gasteiger partial charge in [0.25, 0.3) is 0 Å². The van der Waals surface area contributed by atoms with Crippen LogP contribution in [0.5, 0.6) is 11.5 Å². The van der Waals surface area contributed by atoms with Gasteiger partial charge in [-0.1, -0.05) is 23.7 Å². The van der Waals surface area contributed by atoms with Gasteiger partial charge in [-0.2, -0.15) is 0 Å². The Hall–Kier alpha value is -2.34. The molecule has 0 fully saturated rings. The number of fused-ring (bicyclic) bond motifs is 5. The van der Waals surface area contributed by atoms with Crippen LogP contribution in [0.2, 0.25) is 5.02 Å². The molecule has 0 amide bonds. The van der Waals surface area contributed by atoms with Gasteiger partial charge in [-0.3, -0.25) is 0 Å². The Kier molecular flexibility index (Phi) is 5.16. The fourth-order valence-corrected chi connectivity index (χ4v) is 3.24. The number of para-hydroxylation sites is 1. The Morgan fingerprint density at radius 1 is 1.07 bits per heavy atom. The molecule has 1 aromatic heterocycles. The number of nitrogens with zero attached hydrogens (tertiary/aromatic N) is 2. The monoisotopic (exact) mass is 384 g/mol. The molecular weight excluding hydrogens is 364 g/mol. The summed E-state index contributed by atoms with van der Waals surface area (Å²) in [4.78, 5) is 6.82. The van der Waals surface area contributed by atoms with Crippen LogP contribution in [-0.2, 0) is 11.3 Å². The van der Waals surface area contributed by atoms with Gasteiger partial charge in [-0.05, 0) is 57.4 Å². The number of oxazole rings is 1. The van der Waals surface area contributed by atoms with Gasteiger partial charge in [0.1, 0.15) is 23.8 Å². The highest BCUT2D eigenvalue weighted by molar-refractivity contribution is 6.31. The summed E-state index contributed by atoms with van der Waals surface area (Å²) in [5, 5.41) is 0.618. The number of ether oxygens (including phenoxy) is 2. The highest BCUT2D eigenvalue weighted by atomic mass is 35.5. The van der Waals surface area contributed by atoms with E-state index in [-0.39, 0.29) is 0 Å². The Morgan fingerprint density at radius 2 is 1.89 bits per heavy atom. The van der Waals surface area contributed by atoms with E-state index < -0.39 is 0 Å². The summed E-state index contributed by atoms with van der Waals surface area (Å²) >= 11 is 6.21. The third-order valence-electron chi connectivity index (χ3n) is 4.34. The van der Waals surface area contributed by atoms with E-state index in [9.17, 15) is 0 Å². The predicted octanol–water partition coefficient (Wildman–Crippen LogP) is 5.24. The van der Waals surface area contributed by atoms with Crippen LogP contribution in [0, 0.1) is 0 Å². The molecule has 0 radical (unpaired) electrons. The highest BCUT2D eigenvalue weighted by Gasteiger charge is 2.26. The summed E-state index contributed by atoms with van der Waals surface area (Å²) in [6, 6.07) is 13.3. The molecule has 0 N–H and O–H groups in total. The number of aromatic nitrogens is 1. The SMILES string of the molecule is CN(C)CCCOCc1nc2c(o1)-c1cc(Cl)ccc1Oc1ccccc1-2. The summed E-state index contributed by atoms with van der Waals surface area (Å²) in [6.07, 6.45) is 0.961. The average Bonchev–Trinajstić information content (AvgIpc) is 3.02. The summed E-state index contributed by atoms with van der Waals surface area (Å²) in [5.74, 6) is 2.64. The van der Waals surface area contributed by atoms with Crippen LogP contribution < -0.4 is 4.74 Å². The predicted molar refractivity (Wildman–Crippen MR) is 105 cm³/mol. The van der Waals surface area contributed by atoms with Gasteiger partial charge in [0.2, 0.25) is 5.89 Å². The molecule has 3 aromatic rings. The minimum atomic E-state index is 0.333. The van der Waals surface area contributed by atoms with Gasteiger partial charge in [-0.25, -0.2) is 4.98 Å². The molecule has 1 aliphatic rings. The quantitative estimate of drug-likeness (QED) is 0.425. The van der Waals surface area contributed by atoms with E-state index in [1.54, 1.807) is 6.07 Å². The maximum atomic E-state index is 6.21. The zero-order valence-electron chi connectivity index (χ0n) is 15.4. The van der Waals surface area contributed by atoms with Crippen molar-refractivity contribution in [2.24, 2.45) is 0 Å². The van der Waals surface area contributed by atoms with Crippen LogP contribution in [0.25, 0.3) is 22.6 Å². The molecule has 27 heavy (non-hydrogen) atoms. The number of halogens is 1. The van der Waals surface area contributed by atoms with Crippen molar-refractivity contribution < 1.29 is 13.9 Å². The zero-order chi connectivity index (χ0) is 18.8. The standard InChI is InChI=1S/C21H21ClN2O3/c1-24(2)10-5-11-25-13-19-23-20-15-6-3-4-7-17(15)26-18-9-8-14(22)12-16(18)21(20)27-19/h3-4,6-9,12H,5,10-11,13H2,1-2H3. The van der Waals surface area contributed by atoms with Crippen molar-refractivity contribution in [1.29, 1.82) is 0 Å². The Morgan fingerprint density at radius 3 is 2.74 bits per heavy atom. The van der Waals surface area contributed by atoms with Crippen LogP contribution in [0.4, 0.5) is 0 Å². The van der Waals surface area contributed by atoms with Crippen molar-refractivity contribution in [3.8, 4) is 34.1 Å². The fourth-order valence-electron chi connectivity index (χ4n) is 3.07. The van der Waals surface area contributed by atoms with Crippen molar-refractivity contribution in [3.63, 3.8) is 0 Å². The van der Waals surface area contributed by atoms with Gasteiger partial charge in [0.05, 0.1) is 5.56 Å². The lowest BCUT2D eigenvalue weighted by atomic mass is 10.1. The van der Waals surface area contributed by atoms with Crippen LogP contribution in [0.3, 0.4) is 0 Å². The Balaban J connectivity index is 1.65. The third-order valence-corrected chi connectivity index (χ3v) is 4.57. The number of hydrogen-bond donors (Lipinski definition) is 0. The van der Waals surface area contributed by atoms with Gasteiger partial charge >= 0.3 is 0 Å². The fraction of sp³-hybridized carbons (Fsp3) is 0.286. The first kappa shape index (κ1) is 18.0. The molecule has 0 spiro atoms. The first-order valence-electron chi connectivity index (χ1n) is 8.91. The molecule has 5 nitrogen and oxygen atoms in total.